The van der Waals surface area contributed by atoms with Crippen LogP contribution >= 0.6 is 0 Å². The van der Waals surface area contributed by atoms with E-state index >= 15 is 0 Å². The molecule has 0 atom stereocenters. The molecule has 62 valence electrons. The Labute approximate surface area is 71.1 Å². The Balaban J connectivity index is 2.60. The van der Waals surface area contributed by atoms with Crippen molar-refractivity contribution in [2.45, 2.75) is 19.8 Å². The highest BCUT2D eigenvalue weighted by Gasteiger charge is 2.01. The summed E-state index contributed by atoms with van der Waals surface area (Å²) in [4.78, 5) is 4.16. The molecule has 0 saturated carbocycles. The maximum absolute atomic E-state index is 4.22. The summed E-state index contributed by atoms with van der Waals surface area (Å²) >= 11 is 0. The Kier molecular flexibility index (Phi) is 1.57. The third-order valence-electron chi connectivity index (χ3n) is 1.94. The third kappa shape index (κ3) is 1.07. The standard InChI is InChI=1S/C9H11N3/c1-7(2)8-5-9-10-3-4-12(9)11-6-8/h3-7H,1-2H3. The molecule has 2 aromatic heterocycles. The lowest BCUT2D eigenvalue weighted by atomic mass is 10.1. The SMILES string of the molecule is CC(C)c1cnn2ccnc2c1. The van der Waals surface area contributed by atoms with Gasteiger partial charge in [0.15, 0.2) is 5.65 Å². The van der Waals surface area contributed by atoms with Crippen molar-refractivity contribution in [2.75, 3.05) is 0 Å². The molecule has 0 radical (unpaired) electrons. The maximum Gasteiger partial charge on any atom is 0.153 e. The quantitative estimate of drug-likeness (QED) is 0.639. The van der Waals surface area contributed by atoms with Crippen molar-refractivity contribution in [1.82, 2.24) is 14.6 Å². The summed E-state index contributed by atoms with van der Waals surface area (Å²) in [5, 5.41) is 4.22. The first-order valence-electron chi connectivity index (χ1n) is 4.06. The second-order valence-corrected chi connectivity index (χ2v) is 3.17. The minimum Gasteiger partial charge on any atom is -0.236 e. The van der Waals surface area contributed by atoms with E-state index in [1.807, 2.05) is 12.4 Å². The summed E-state index contributed by atoms with van der Waals surface area (Å²) in [6, 6.07) is 2.07. The topological polar surface area (TPSA) is 30.2 Å². The number of rotatable bonds is 1. The molecule has 0 amide bonds. The van der Waals surface area contributed by atoms with Crippen LogP contribution in [0.4, 0.5) is 0 Å². The van der Waals surface area contributed by atoms with Crippen molar-refractivity contribution in [3.63, 3.8) is 0 Å². The van der Waals surface area contributed by atoms with Gasteiger partial charge in [0.25, 0.3) is 0 Å². The molecule has 12 heavy (non-hydrogen) atoms. The molecule has 0 aliphatic carbocycles. The van der Waals surface area contributed by atoms with E-state index in [-0.39, 0.29) is 0 Å². The van der Waals surface area contributed by atoms with Crippen molar-refractivity contribution in [2.24, 2.45) is 0 Å². The number of aromatic nitrogens is 3. The van der Waals surface area contributed by atoms with Crippen molar-refractivity contribution < 1.29 is 0 Å². The van der Waals surface area contributed by atoms with Crippen LogP contribution in [0.15, 0.2) is 24.7 Å². The van der Waals surface area contributed by atoms with Crippen LogP contribution < -0.4 is 0 Å². The Morgan fingerprint density at radius 3 is 3.00 bits per heavy atom. The molecule has 0 aromatic carbocycles. The van der Waals surface area contributed by atoms with Crippen LogP contribution in [0.25, 0.3) is 5.65 Å². The van der Waals surface area contributed by atoms with Gasteiger partial charge in [-0.2, -0.15) is 5.10 Å². The number of hydrogen-bond donors (Lipinski definition) is 0. The molecule has 0 N–H and O–H groups in total. The normalized spacial score (nSPS) is 11.2. The van der Waals surface area contributed by atoms with E-state index in [4.69, 9.17) is 0 Å². The molecule has 2 heterocycles. The minimum atomic E-state index is 0.513. The van der Waals surface area contributed by atoms with E-state index in [2.05, 4.69) is 30.0 Å². The predicted octanol–water partition coefficient (Wildman–Crippen LogP) is 1.85. The number of nitrogens with zero attached hydrogens (tertiary/aromatic N) is 3. The first-order valence-corrected chi connectivity index (χ1v) is 4.06. The first-order chi connectivity index (χ1) is 5.77. The molecule has 0 spiro atoms. The van der Waals surface area contributed by atoms with Gasteiger partial charge in [0, 0.05) is 12.4 Å². The van der Waals surface area contributed by atoms with Gasteiger partial charge in [0.05, 0.1) is 6.20 Å². The molecule has 0 unspecified atom stereocenters. The highest BCUT2D eigenvalue weighted by molar-refractivity contribution is 5.39. The van der Waals surface area contributed by atoms with Crippen LogP contribution in [-0.4, -0.2) is 14.6 Å². The average molecular weight is 161 g/mol. The van der Waals surface area contributed by atoms with Gasteiger partial charge in [-0.3, -0.25) is 0 Å². The minimum absolute atomic E-state index is 0.513. The fourth-order valence-corrected chi connectivity index (χ4v) is 1.14. The van der Waals surface area contributed by atoms with Crippen LogP contribution in [0.1, 0.15) is 25.3 Å². The molecular formula is C9H11N3. The van der Waals surface area contributed by atoms with Crippen molar-refractivity contribution in [3.8, 4) is 0 Å². The highest BCUT2D eigenvalue weighted by Crippen LogP contribution is 2.13. The van der Waals surface area contributed by atoms with Gasteiger partial charge >= 0.3 is 0 Å². The van der Waals surface area contributed by atoms with Gasteiger partial charge in [-0.15, -0.1) is 0 Å². The van der Waals surface area contributed by atoms with Crippen LogP contribution in [0, 0.1) is 0 Å². The monoisotopic (exact) mass is 161 g/mol. The summed E-state index contributed by atoms with van der Waals surface area (Å²) in [5.41, 5.74) is 2.15. The van der Waals surface area contributed by atoms with Crippen LogP contribution in [0.3, 0.4) is 0 Å². The Bertz CT molecular complexity index is 389. The molecular weight excluding hydrogens is 150 g/mol. The molecule has 0 saturated heterocycles. The summed E-state index contributed by atoms with van der Waals surface area (Å²) in [6.45, 7) is 4.30. The largest absolute Gasteiger partial charge is 0.236 e. The zero-order chi connectivity index (χ0) is 8.55. The van der Waals surface area contributed by atoms with E-state index in [9.17, 15) is 0 Å². The fourth-order valence-electron chi connectivity index (χ4n) is 1.14. The fraction of sp³-hybridized carbons (Fsp3) is 0.333. The van der Waals surface area contributed by atoms with E-state index in [0.29, 0.717) is 5.92 Å². The van der Waals surface area contributed by atoms with Crippen molar-refractivity contribution in [1.29, 1.82) is 0 Å². The molecule has 3 nitrogen and oxygen atoms in total. The van der Waals surface area contributed by atoms with Crippen LogP contribution in [0.5, 0.6) is 0 Å². The smallest absolute Gasteiger partial charge is 0.153 e. The zero-order valence-electron chi connectivity index (χ0n) is 7.23. The van der Waals surface area contributed by atoms with Crippen LogP contribution in [0.2, 0.25) is 0 Å². The lowest BCUT2D eigenvalue weighted by molar-refractivity contribution is 0.829. The van der Waals surface area contributed by atoms with Gasteiger partial charge in [0.1, 0.15) is 0 Å². The Hall–Kier alpha value is -1.38. The van der Waals surface area contributed by atoms with Gasteiger partial charge < -0.3 is 0 Å². The molecule has 3 heteroatoms. The molecule has 0 aliphatic heterocycles. The van der Waals surface area contributed by atoms with Gasteiger partial charge in [-0.05, 0) is 17.5 Å². The second-order valence-electron chi connectivity index (χ2n) is 3.17. The Morgan fingerprint density at radius 1 is 1.42 bits per heavy atom. The second kappa shape index (κ2) is 2.59. The highest BCUT2D eigenvalue weighted by atomic mass is 15.2. The van der Waals surface area contributed by atoms with E-state index in [1.165, 1.54) is 5.56 Å². The summed E-state index contributed by atoms with van der Waals surface area (Å²) in [5.74, 6) is 0.513. The molecule has 0 aliphatic rings. The van der Waals surface area contributed by atoms with Gasteiger partial charge in [0.2, 0.25) is 0 Å². The maximum atomic E-state index is 4.22. The lowest BCUT2D eigenvalue weighted by Gasteiger charge is -2.03. The number of hydrogen-bond acceptors (Lipinski definition) is 2. The van der Waals surface area contributed by atoms with E-state index in [0.717, 1.165) is 5.65 Å². The lowest BCUT2D eigenvalue weighted by Crippen LogP contribution is -1.94. The molecule has 0 fully saturated rings. The van der Waals surface area contributed by atoms with Gasteiger partial charge in [-0.25, -0.2) is 9.50 Å². The van der Waals surface area contributed by atoms with Gasteiger partial charge in [-0.1, -0.05) is 13.8 Å². The van der Waals surface area contributed by atoms with Crippen molar-refractivity contribution >= 4 is 5.65 Å². The molecule has 2 aromatic rings. The predicted molar refractivity (Wildman–Crippen MR) is 47.1 cm³/mol. The molecule has 0 bridgehead atoms. The van der Waals surface area contributed by atoms with E-state index < -0.39 is 0 Å². The first kappa shape index (κ1) is 7.28. The zero-order valence-corrected chi connectivity index (χ0v) is 7.23. The van der Waals surface area contributed by atoms with Crippen LogP contribution in [-0.2, 0) is 0 Å². The summed E-state index contributed by atoms with van der Waals surface area (Å²) in [6.07, 6.45) is 5.49. The third-order valence-corrected chi connectivity index (χ3v) is 1.94. The van der Waals surface area contributed by atoms with Crippen molar-refractivity contribution in [3.05, 3.63) is 30.2 Å². The Morgan fingerprint density at radius 2 is 2.25 bits per heavy atom. The summed E-state index contributed by atoms with van der Waals surface area (Å²) < 4.78 is 1.77. The number of imidazole rings is 1. The summed E-state index contributed by atoms with van der Waals surface area (Å²) in [7, 11) is 0. The average Bonchev–Trinajstić information content (AvgIpc) is 2.49. The molecule has 2 rings (SSSR count). The number of fused-ring (bicyclic) bond motifs is 1. The van der Waals surface area contributed by atoms with E-state index in [1.54, 1.807) is 10.7 Å².